The summed E-state index contributed by atoms with van der Waals surface area (Å²) in [6, 6.07) is 9.02. The van der Waals surface area contributed by atoms with E-state index in [0.29, 0.717) is 19.0 Å². The normalized spacial score (nSPS) is 10.8. The minimum absolute atomic E-state index is 0.194. The molecule has 1 aromatic carbocycles. The average molecular weight is 286 g/mol. The van der Waals surface area contributed by atoms with Crippen molar-refractivity contribution >= 4 is 12.2 Å². The molecule has 0 radical (unpaired) electrons. The van der Waals surface area contributed by atoms with Crippen molar-refractivity contribution in [2.45, 2.75) is 20.3 Å². The van der Waals surface area contributed by atoms with Gasteiger partial charge < -0.3 is 4.74 Å². The molecule has 1 heterocycles. The second-order valence-corrected chi connectivity index (χ2v) is 4.31. The van der Waals surface area contributed by atoms with E-state index in [1.54, 1.807) is 6.21 Å². The van der Waals surface area contributed by atoms with Crippen LogP contribution < -0.4 is 15.7 Å². The van der Waals surface area contributed by atoms with Crippen LogP contribution in [-0.4, -0.2) is 22.8 Å². The molecule has 6 heteroatoms. The molecule has 21 heavy (non-hydrogen) atoms. The minimum atomic E-state index is -0.194. The lowest BCUT2D eigenvalue weighted by Crippen LogP contribution is -2.11. The molecule has 0 spiro atoms. The van der Waals surface area contributed by atoms with E-state index < -0.39 is 0 Å². The van der Waals surface area contributed by atoms with Crippen LogP contribution in [0.15, 0.2) is 40.2 Å². The van der Waals surface area contributed by atoms with Crippen LogP contribution in [0.25, 0.3) is 0 Å². The lowest BCUT2D eigenvalue weighted by atomic mass is 10.2. The first-order chi connectivity index (χ1) is 10.2. The van der Waals surface area contributed by atoms with E-state index in [0.717, 1.165) is 17.0 Å². The van der Waals surface area contributed by atoms with Crippen LogP contribution in [0.4, 0.5) is 5.95 Å². The number of hydrogen-bond acceptors (Lipinski definition) is 5. The van der Waals surface area contributed by atoms with Gasteiger partial charge in [-0.1, -0.05) is 6.92 Å². The smallest absolute Gasteiger partial charge is 0.252 e. The molecule has 0 saturated heterocycles. The molecule has 110 valence electrons. The van der Waals surface area contributed by atoms with Crippen molar-refractivity contribution in [1.82, 2.24) is 9.97 Å². The molecule has 0 bridgehead atoms. The third kappa shape index (κ3) is 4.45. The average Bonchev–Trinajstić information content (AvgIpc) is 2.49. The second-order valence-electron chi connectivity index (χ2n) is 4.31. The van der Waals surface area contributed by atoms with Gasteiger partial charge in [0.15, 0.2) is 0 Å². The third-order valence-corrected chi connectivity index (χ3v) is 2.73. The predicted octanol–water partition coefficient (Wildman–Crippen LogP) is 2.18. The highest BCUT2D eigenvalue weighted by Crippen LogP contribution is 2.10. The Hall–Kier alpha value is -2.63. The van der Waals surface area contributed by atoms with Crippen LogP contribution in [0.2, 0.25) is 0 Å². The summed E-state index contributed by atoms with van der Waals surface area (Å²) in [5.74, 6) is 1.16. The lowest BCUT2D eigenvalue weighted by Gasteiger charge is -2.03. The molecule has 0 aliphatic rings. The van der Waals surface area contributed by atoms with Crippen LogP contribution >= 0.6 is 0 Å². The topological polar surface area (TPSA) is 79.4 Å². The summed E-state index contributed by atoms with van der Waals surface area (Å²) in [5.41, 5.74) is 4.16. The predicted molar refractivity (Wildman–Crippen MR) is 83.1 cm³/mol. The first kappa shape index (κ1) is 14.8. The van der Waals surface area contributed by atoms with Gasteiger partial charge in [0, 0.05) is 11.8 Å². The Balaban J connectivity index is 2.01. The summed E-state index contributed by atoms with van der Waals surface area (Å²) >= 11 is 0. The summed E-state index contributed by atoms with van der Waals surface area (Å²) in [6.45, 7) is 4.52. The number of nitrogens with zero attached hydrogens (tertiary/aromatic N) is 2. The fourth-order valence-electron chi connectivity index (χ4n) is 1.73. The largest absolute Gasteiger partial charge is 0.494 e. The van der Waals surface area contributed by atoms with Crippen molar-refractivity contribution in [3.63, 3.8) is 0 Å². The van der Waals surface area contributed by atoms with Crippen LogP contribution in [0, 0.1) is 0 Å². The number of rotatable bonds is 6. The van der Waals surface area contributed by atoms with E-state index >= 15 is 0 Å². The number of aryl methyl sites for hydroxylation is 1. The van der Waals surface area contributed by atoms with Crippen LogP contribution in [0.3, 0.4) is 0 Å². The quantitative estimate of drug-likeness (QED) is 0.630. The monoisotopic (exact) mass is 286 g/mol. The molecule has 2 N–H and O–H groups in total. The highest BCUT2D eigenvalue weighted by atomic mass is 16.5. The van der Waals surface area contributed by atoms with Gasteiger partial charge in [-0.05, 0) is 43.2 Å². The van der Waals surface area contributed by atoms with E-state index in [9.17, 15) is 4.79 Å². The molecule has 0 aliphatic carbocycles. The molecule has 2 aromatic rings. The number of hydrogen-bond donors (Lipinski definition) is 2. The Morgan fingerprint density at radius 2 is 2.10 bits per heavy atom. The van der Waals surface area contributed by atoms with Crippen LogP contribution in [0.5, 0.6) is 5.75 Å². The fraction of sp³-hybridized carbons (Fsp3) is 0.267. The zero-order valence-corrected chi connectivity index (χ0v) is 12.1. The van der Waals surface area contributed by atoms with Gasteiger partial charge in [-0.25, -0.2) is 10.4 Å². The Morgan fingerprint density at radius 1 is 1.33 bits per heavy atom. The van der Waals surface area contributed by atoms with Gasteiger partial charge in [0.05, 0.1) is 12.8 Å². The maximum atomic E-state index is 11.4. The molecule has 1 aromatic heterocycles. The second kappa shape index (κ2) is 7.23. The number of H-pyrrole nitrogens is 1. The Labute approximate surface area is 122 Å². The number of anilines is 1. The maximum absolute atomic E-state index is 11.4. The zero-order valence-electron chi connectivity index (χ0n) is 12.1. The summed E-state index contributed by atoms with van der Waals surface area (Å²) in [5, 5.41) is 4.06. The molecule has 0 aliphatic heterocycles. The van der Waals surface area contributed by atoms with Crippen molar-refractivity contribution in [1.29, 1.82) is 0 Å². The maximum Gasteiger partial charge on any atom is 0.252 e. The van der Waals surface area contributed by atoms with E-state index in [-0.39, 0.29) is 5.56 Å². The minimum Gasteiger partial charge on any atom is -0.494 e. The van der Waals surface area contributed by atoms with Gasteiger partial charge in [-0.2, -0.15) is 5.10 Å². The number of aromatic amines is 1. The number of nitrogens with one attached hydrogen (secondary N) is 2. The number of hydrazone groups is 1. The van der Waals surface area contributed by atoms with Gasteiger partial charge in [0.2, 0.25) is 5.95 Å². The SMILES string of the molecule is CCOc1ccc(/C=N\Nc2nc(CC)cc(=O)[nH]2)cc1. The molecular formula is C15H18N4O2. The third-order valence-electron chi connectivity index (χ3n) is 2.73. The molecule has 0 unspecified atom stereocenters. The van der Waals surface area contributed by atoms with Crippen LogP contribution in [0.1, 0.15) is 25.1 Å². The molecule has 0 amide bonds. The van der Waals surface area contributed by atoms with Gasteiger partial charge in [-0.15, -0.1) is 0 Å². The summed E-state index contributed by atoms with van der Waals surface area (Å²) in [7, 11) is 0. The van der Waals surface area contributed by atoms with Gasteiger partial charge in [0.25, 0.3) is 5.56 Å². The lowest BCUT2D eigenvalue weighted by molar-refractivity contribution is 0.340. The van der Waals surface area contributed by atoms with E-state index in [1.165, 1.54) is 6.07 Å². The first-order valence-corrected chi connectivity index (χ1v) is 6.83. The van der Waals surface area contributed by atoms with Crippen molar-refractivity contribution in [3.8, 4) is 5.75 Å². The molecule has 0 fully saturated rings. The standard InChI is InChI=1S/C15H18N4O2/c1-3-12-9-14(20)18-15(17-12)19-16-10-11-5-7-13(8-6-11)21-4-2/h5-10H,3-4H2,1-2H3,(H2,17,18,19,20)/b16-10-. The summed E-state index contributed by atoms with van der Waals surface area (Å²) in [6.07, 6.45) is 2.34. The highest BCUT2D eigenvalue weighted by molar-refractivity contribution is 5.80. The van der Waals surface area contributed by atoms with Crippen LogP contribution in [-0.2, 0) is 6.42 Å². The molecular weight excluding hydrogens is 268 g/mol. The Kier molecular flexibility index (Phi) is 5.09. The van der Waals surface area contributed by atoms with Crippen molar-refractivity contribution in [2.75, 3.05) is 12.0 Å². The zero-order chi connectivity index (χ0) is 15.1. The Bertz CT molecular complexity index is 662. The summed E-state index contributed by atoms with van der Waals surface area (Å²) < 4.78 is 5.36. The molecule has 0 atom stereocenters. The molecule has 2 rings (SSSR count). The number of aromatic nitrogens is 2. The Morgan fingerprint density at radius 3 is 2.76 bits per heavy atom. The van der Waals surface area contributed by atoms with Crippen molar-refractivity contribution in [2.24, 2.45) is 5.10 Å². The van der Waals surface area contributed by atoms with Gasteiger partial charge in [0.1, 0.15) is 5.75 Å². The van der Waals surface area contributed by atoms with Gasteiger partial charge in [-0.3, -0.25) is 9.78 Å². The van der Waals surface area contributed by atoms with Gasteiger partial charge >= 0.3 is 0 Å². The molecule has 6 nitrogen and oxygen atoms in total. The van der Waals surface area contributed by atoms with Crippen molar-refractivity contribution in [3.05, 3.63) is 51.9 Å². The highest BCUT2D eigenvalue weighted by Gasteiger charge is 1.98. The molecule has 0 saturated carbocycles. The van der Waals surface area contributed by atoms with E-state index in [1.807, 2.05) is 38.1 Å². The summed E-state index contributed by atoms with van der Waals surface area (Å²) in [4.78, 5) is 18.2. The first-order valence-electron chi connectivity index (χ1n) is 6.83. The number of ether oxygens (including phenoxy) is 1. The van der Waals surface area contributed by atoms with E-state index in [2.05, 4.69) is 20.5 Å². The number of benzene rings is 1. The van der Waals surface area contributed by atoms with E-state index in [4.69, 9.17) is 4.74 Å². The van der Waals surface area contributed by atoms with Crippen molar-refractivity contribution < 1.29 is 4.74 Å². The fourth-order valence-corrected chi connectivity index (χ4v) is 1.73.